The Morgan fingerprint density at radius 3 is 2.64 bits per heavy atom. The Bertz CT molecular complexity index is 782. The summed E-state index contributed by atoms with van der Waals surface area (Å²) in [4.78, 5) is 13.6. The van der Waals surface area contributed by atoms with Crippen LogP contribution in [0.5, 0.6) is 17.2 Å². The topological polar surface area (TPSA) is 48.0 Å². The van der Waals surface area contributed by atoms with E-state index < -0.39 is 11.6 Å². The van der Waals surface area contributed by atoms with Crippen LogP contribution in [0.15, 0.2) is 36.4 Å². The summed E-state index contributed by atoms with van der Waals surface area (Å²) in [6.07, 6.45) is 0. The molecule has 5 nitrogen and oxygen atoms in total. The van der Waals surface area contributed by atoms with E-state index in [1.807, 2.05) is 12.1 Å². The van der Waals surface area contributed by atoms with Crippen molar-refractivity contribution in [2.75, 3.05) is 26.9 Å². The van der Waals surface area contributed by atoms with E-state index in [1.165, 1.54) is 4.90 Å². The Kier molecular flexibility index (Phi) is 5.02. The van der Waals surface area contributed by atoms with Gasteiger partial charge in [-0.15, -0.1) is 0 Å². The Hall–Kier alpha value is -2.83. The smallest absolute Gasteiger partial charge is 0.260 e. The molecule has 0 aliphatic carbocycles. The first-order chi connectivity index (χ1) is 12.0. The number of ether oxygens (including phenoxy) is 3. The number of nitrogens with zero attached hydrogens (tertiary/aromatic N) is 1. The maximum Gasteiger partial charge on any atom is 0.260 e. The minimum absolute atomic E-state index is 0.164. The fraction of sp³-hybridized carbons (Fsp3) is 0.278. The second-order valence-electron chi connectivity index (χ2n) is 5.59. The number of carbonyl (C=O) groups excluding carboxylic acids is 1. The third-order valence-corrected chi connectivity index (χ3v) is 3.70. The number of fused-ring (bicyclic) bond motifs is 1. The van der Waals surface area contributed by atoms with E-state index in [9.17, 15) is 13.6 Å². The molecule has 132 valence electrons. The number of hydrogen-bond donors (Lipinski definition) is 0. The van der Waals surface area contributed by atoms with Gasteiger partial charge < -0.3 is 19.1 Å². The van der Waals surface area contributed by atoms with Gasteiger partial charge >= 0.3 is 0 Å². The Morgan fingerprint density at radius 2 is 1.88 bits per heavy atom. The van der Waals surface area contributed by atoms with Crippen LogP contribution in [-0.4, -0.2) is 37.7 Å². The minimum atomic E-state index is -0.845. The molecule has 0 fully saturated rings. The van der Waals surface area contributed by atoms with Crippen LogP contribution in [-0.2, 0) is 11.3 Å². The molecule has 3 rings (SSSR count). The number of carbonyl (C=O) groups is 1. The summed E-state index contributed by atoms with van der Waals surface area (Å²) in [6, 6.07) is 8.39. The van der Waals surface area contributed by atoms with Crippen LogP contribution in [0.1, 0.15) is 5.56 Å². The summed E-state index contributed by atoms with van der Waals surface area (Å²) in [5.74, 6) is -0.719. The van der Waals surface area contributed by atoms with Gasteiger partial charge in [0.1, 0.15) is 19.0 Å². The zero-order valence-electron chi connectivity index (χ0n) is 13.6. The maximum atomic E-state index is 13.5. The van der Waals surface area contributed by atoms with Crippen molar-refractivity contribution < 1.29 is 27.8 Å². The normalized spacial score (nSPS) is 12.6. The predicted octanol–water partition coefficient (Wildman–Crippen LogP) is 2.77. The monoisotopic (exact) mass is 349 g/mol. The van der Waals surface area contributed by atoms with Crippen molar-refractivity contribution in [3.63, 3.8) is 0 Å². The summed E-state index contributed by atoms with van der Waals surface area (Å²) in [7, 11) is 1.61. The summed E-state index contributed by atoms with van der Waals surface area (Å²) in [6.45, 7) is 0.999. The van der Waals surface area contributed by atoms with Gasteiger partial charge in [0.05, 0.1) is 0 Å². The number of benzene rings is 2. The van der Waals surface area contributed by atoms with Crippen molar-refractivity contribution in [1.82, 2.24) is 4.90 Å². The molecule has 1 aliphatic rings. The van der Waals surface area contributed by atoms with Gasteiger partial charge in [-0.2, -0.15) is 0 Å². The number of likely N-dealkylation sites (N-methyl/N-ethyl adjacent to an activating group) is 1. The highest BCUT2D eigenvalue weighted by atomic mass is 19.1. The molecule has 0 saturated carbocycles. The molecule has 0 saturated heterocycles. The van der Waals surface area contributed by atoms with Gasteiger partial charge in [-0.05, 0) is 29.8 Å². The maximum absolute atomic E-state index is 13.5. The first kappa shape index (κ1) is 17.0. The van der Waals surface area contributed by atoms with Crippen molar-refractivity contribution in [1.29, 1.82) is 0 Å². The molecule has 0 aromatic heterocycles. The number of hydrogen-bond acceptors (Lipinski definition) is 4. The first-order valence-corrected chi connectivity index (χ1v) is 7.73. The van der Waals surface area contributed by atoms with Crippen molar-refractivity contribution in [2.45, 2.75) is 6.54 Å². The van der Waals surface area contributed by atoms with Gasteiger partial charge in [0.2, 0.25) is 0 Å². The van der Waals surface area contributed by atoms with E-state index >= 15 is 0 Å². The SMILES string of the molecule is CN(Cc1ccc2c(c1)OCCO2)C(=O)COc1ccc(F)cc1F. The second kappa shape index (κ2) is 7.38. The molecule has 1 heterocycles. The molecule has 1 amide bonds. The third kappa shape index (κ3) is 4.17. The molecule has 2 aromatic carbocycles. The van der Waals surface area contributed by atoms with Gasteiger partial charge in [0.15, 0.2) is 29.7 Å². The highest BCUT2D eigenvalue weighted by Crippen LogP contribution is 2.31. The molecule has 2 aromatic rings. The number of rotatable bonds is 5. The van der Waals surface area contributed by atoms with Crippen LogP contribution in [0.2, 0.25) is 0 Å². The molecule has 7 heteroatoms. The average Bonchev–Trinajstić information content (AvgIpc) is 2.60. The van der Waals surface area contributed by atoms with Crippen LogP contribution in [0.25, 0.3) is 0 Å². The molecule has 0 radical (unpaired) electrons. The lowest BCUT2D eigenvalue weighted by molar-refractivity contribution is -0.132. The molecular formula is C18H17F2NO4. The van der Waals surface area contributed by atoms with E-state index in [0.717, 1.165) is 17.7 Å². The third-order valence-electron chi connectivity index (χ3n) is 3.70. The zero-order chi connectivity index (χ0) is 17.8. The molecular weight excluding hydrogens is 332 g/mol. The van der Waals surface area contributed by atoms with E-state index in [-0.39, 0.29) is 18.3 Å². The fourth-order valence-corrected chi connectivity index (χ4v) is 2.39. The second-order valence-corrected chi connectivity index (χ2v) is 5.59. The summed E-state index contributed by atoms with van der Waals surface area (Å²) < 4.78 is 42.4. The lowest BCUT2D eigenvalue weighted by atomic mass is 10.2. The highest BCUT2D eigenvalue weighted by molar-refractivity contribution is 5.77. The summed E-state index contributed by atoms with van der Waals surface area (Å²) >= 11 is 0. The van der Waals surface area contributed by atoms with E-state index in [2.05, 4.69) is 0 Å². The number of amides is 1. The lowest BCUT2D eigenvalue weighted by Gasteiger charge is -2.21. The van der Waals surface area contributed by atoms with Gasteiger partial charge in [-0.25, -0.2) is 8.78 Å². The highest BCUT2D eigenvalue weighted by Gasteiger charge is 2.15. The molecule has 1 aliphatic heterocycles. The van der Waals surface area contributed by atoms with Crippen LogP contribution < -0.4 is 14.2 Å². The zero-order valence-corrected chi connectivity index (χ0v) is 13.6. The summed E-state index contributed by atoms with van der Waals surface area (Å²) in [5.41, 5.74) is 0.869. The van der Waals surface area contributed by atoms with E-state index in [1.54, 1.807) is 13.1 Å². The van der Waals surface area contributed by atoms with Crippen LogP contribution in [0.4, 0.5) is 8.78 Å². The lowest BCUT2D eigenvalue weighted by Crippen LogP contribution is -2.31. The summed E-state index contributed by atoms with van der Waals surface area (Å²) in [5, 5.41) is 0. The fourth-order valence-electron chi connectivity index (χ4n) is 2.39. The quantitative estimate of drug-likeness (QED) is 0.833. The number of halogens is 2. The van der Waals surface area contributed by atoms with Gasteiger partial charge in [0.25, 0.3) is 5.91 Å². The molecule has 0 atom stereocenters. The van der Waals surface area contributed by atoms with E-state index in [4.69, 9.17) is 14.2 Å². The van der Waals surface area contributed by atoms with Crippen molar-refractivity contribution >= 4 is 5.91 Å². The van der Waals surface area contributed by atoms with Crippen LogP contribution >= 0.6 is 0 Å². The Morgan fingerprint density at radius 1 is 1.12 bits per heavy atom. The predicted molar refractivity (Wildman–Crippen MR) is 85.8 cm³/mol. The minimum Gasteiger partial charge on any atom is -0.486 e. The van der Waals surface area contributed by atoms with Crippen molar-refractivity contribution in [3.05, 3.63) is 53.6 Å². The van der Waals surface area contributed by atoms with Gasteiger partial charge in [-0.1, -0.05) is 6.07 Å². The standard InChI is InChI=1S/C18H17F2NO4/c1-21(10-12-2-4-16-17(8-12)24-7-6-23-16)18(22)11-25-15-5-3-13(19)9-14(15)20/h2-5,8-9H,6-7,10-11H2,1H3. The van der Waals surface area contributed by atoms with E-state index in [0.29, 0.717) is 37.3 Å². The van der Waals surface area contributed by atoms with Crippen LogP contribution in [0.3, 0.4) is 0 Å². The van der Waals surface area contributed by atoms with Gasteiger partial charge in [-0.3, -0.25) is 4.79 Å². The molecule has 0 unspecified atom stereocenters. The Balaban J connectivity index is 1.57. The van der Waals surface area contributed by atoms with Crippen molar-refractivity contribution in [3.8, 4) is 17.2 Å². The van der Waals surface area contributed by atoms with Gasteiger partial charge in [0, 0.05) is 19.7 Å². The first-order valence-electron chi connectivity index (χ1n) is 7.73. The largest absolute Gasteiger partial charge is 0.486 e. The molecule has 0 spiro atoms. The molecule has 25 heavy (non-hydrogen) atoms. The average molecular weight is 349 g/mol. The van der Waals surface area contributed by atoms with Crippen molar-refractivity contribution in [2.24, 2.45) is 0 Å². The molecule has 0 bridgehead atoms. The Labute approximate surface area is 143 Å². The van der Waals surface area contributed by atoms with Crippen LogP contribution in [0, 0.1) is 11.6 Å². The molecule has 0 N–H and O–H groups in total.